The Balaban J connectivity index is 1.93. The van der Waals surface area contributed by atoms with Gasteiger partial charge in [-0.15, -0.1) is 0 Å². The fourth-order valence-corrected chi connectivity index (χ4v) is 4.23. The first kappa shape index (κ1) is 19.3. The normalized spacial score (nSPS) is 25.0. The van der Waals surface area contributed by atoms with E-state index in [-0.39, 0.29) is 22.8 Å². The molecule has 1 aromatic rings. The zero-order chi connectivity index (χ0) is 18.5. The van der Waals surface area contributed by atoms with Gasteiger partial charge in [0.05, 0.1) is 7.11 Å². The number of rotatable bonds is 5. The Morgan fingerprint density at radius 1 is 1.16 bits per heavy atom. The lowest BCUT2D eigenvalue weighted by Crippen LogP contribution is -2.47. The summed E-state index contributed by atoms with van der Waals surface area (Å²) in [6, 6.07) is 9.19. The van der Waals surface area contributed by atoms with Crippen molar-refractivity contribution in [1.82, 2.24) is 5.32 Å². The molecule has 2 atom stereocenters. The molecule has 0 aromatic heterocycles. The molecule has 0 saturated heterocycles. The van der Waals surface area contributed by atoms with Crippen molar-refractivity contribution in [3.8, 4) is 5.75 Å². The number of alkyl carbamates (subject to hydrolysis) is 1. The van der Waals surface area contributed by atoms with Crippen molar-refractivity contribution >= 4 is 12.1 Å². The smallest absolute Gasteiger partial charge is 0.407 e. The third-order valence-corrected chi connectivity index (χ3v) is 4.86. The third-order valence-electron chi connectivity index (χ3n) is 4.86. The van der Waals surface area contributed by atoms with Crippen molar-refractivity contribution in [2.45, 2.75) is 58.9 Å². The van der Waals surface area contributed by atoms with E-state index in [1.807, 2.05) is 18.2 Å². The highest BCUT2D eigenvalue weighted by atomic mass is 16.5. The predicted molar refractivity (Wildman–Crippen MR) is 96.4 cm³/mol. The summed E-state index contributed by atoms with van der Waals surface area (Å²) < 4.78 is 10.1. The molecule has 0 spiro atoms. The molecular weight excluding hydrogens is 318 g/mol. The van der Waals surface area contributed by atoms with Crippen molar-refractivity contribution in [1.29, 1.82) is 0 Å². The monoisotopic (exact) mass is 347 g/mol. The number of methoxy groups -OCH3 is 1. The van der Waals surface area contributed by atoms with E-state index < -0.39 is 6.09 Å². The summed E-state index contributed by atoms with van der Waals surface area (Å²) >= 11 is 0. The highest BCUT2D eigenvalue weighted by Crippen LogP contribution is 2.48. The molecule has 1 fully saturated rings. The van der Waals surface area contributed by atoms with Gasteiger partial charge < -0.3 is 14.8 Å². The van der Waals surface area contributed by atoms with Crippen LogP contribution in [-0.4, -0.2) is 25.2 Å². The SMILES string of the molecule is COC(=O)NC1CC(C)(C)CC(C)(CCC(=O)Oc2ccccc2)C1. The Hall–Kier alpha value is -2.04. The third kappa shape index (κ3) is 6.07. The second kappa shape index (κ2) is 7.89. The molecule has 1 N–H and O–H groups in total. The van der Waals surface area contributed by atoms with Gasteiger partial charge in [0.25, 0.3) is 0 Å². The molecule has 0 heterocycles. The molecule has 2 rings (SSSR count). The van der Waals surface area contributed by atoms with Gasteiger partial charge in [-0.1, -0.05) is 39.0 Å². The average molecular weight is 347 g/mol. The van der Waals surface area contributed by atoms with Crippen LogP contribution in [0.5, 0.6) is 5.75 Å². The molecule has 0 radical (unpaired) electrons. The average Bonchev–Trinajstić information content (AvgIpc) is 2.52. The van der Waals surface area contributed by atoms with E-state index in [1.165, 1.54) is 7.11 Å². The zero-order valence-electron chi connectivity index (χ0n) is 15.6. The van der Waals surface area contributed by atoms with Gasteiger partial charge in [0, 0.05) is 12.5 Å². The summed E-state index contributed by atoms with van der Waals surface area (Å²) in [6.45, 7) is 6.60. The van der Waals surface area contributed by atoms with Crippen LogP contribution in [0.2, 0.25) is 0 Å². The highest BCUT2D eigenvalue weighted by molar-refractivity contribution is 5.72. The summed E-state index contributed by atoms with van der Waals surface area (Å²) in [5.74, 6) is 0.361. The van der Waals surface area contributed by atoms with Crippen molar-refractivity contribution in [3.63, 3.8) is 0 Å². The summed E-state index contributed by atoms with van der Waals surface area (Å²) in [7, 11) is 1.38. The quantitative estimate of drug-likeness (QED) is 0.636. The fraction of sp³-hybridized carbons (Fsp3) is 0.600. The lowest BCUT2D eigenvalue weighted by Gasteiger charge is -2.46. The van der Waals surface area contributed by atoms with E-state index >= 15 is 0 Å². The fourth-order valence-electron chi connectivity index (χ4n) is 4.23. The molecule has 138 valence electrons. The Bertz CT molecular complexity index is 599. The number of esters is 1. The Morgan fingerprint density at radius 3 is 2.48 bits per heavy atom. The number of amides is 1. The van der Waals surface area contributed by atoms with Gasteiger partial charge >= 0.3 is 12.1 Å². The molecule has 1 aliphatic rings. The van der Waals surface area contributed by atoms with Crippen LogP contribution in [0.4, 0.5) is 4.79 Å². The van der Waals surface area contributed by atoms with Crippen LogP contribution < -0.4 is 10.1 Å². The van der Waals surface area contributed by atoms with E-state index in [2.05, 4.69) is 26.1 Å². The van der Waals surface area contributed by atoms with Crippen LogP contribution in [-0.2, 0) is 9.53 Å². The first-order valence-electron chi connectivity index (χ1n) is 8.82. The minimum atomic E-state index is -0.395. The van der Waals surface area contributed by atoms with Gasteiger partial charge in [-0.05, 0) is 48.6 Å². The first-order chi connectivity index (χ1) is 11.7. The molecular formula is C20H29NO4. The molecule has 1 saturated carbocycles. The van der Waals surface area contributed by atoms with Gasteiger partial charge in [-0.25, -0.2) is 4.79 Å². The predicted octanol–water partition coefficient (Wildman–Crippen LogP) is 4.31. The summed E-state index contributed by atoms with van der Waals surface area (Å²) in [6.07, 6.45) is 3.47. The number of benzene rings is 1. The minimum absolute atomic E-state index is 0.0247. The van der Waals surface area contributed by atoms with E-state index in [4.69, 9.17) is 9.47 Å². The number of carbonyl (C=O) groups is 2. The maximum Gasteiger partial charge on any atom is 0.407 e. The van der Waals surface area contributed by atoms with Crippen molar-refractivity contribution in [2.24, 2.45) is 10.8 Å². The maximum atomic E-state index is 12.2. The molecule has 0 bridgehead atoms. The van der Waals surface area contributed by atoms with Crippen molar-refractivity contribution in [2.75, 3.05) is 7.11 Å². The molecule has 25 heavy (non-hydrogen) atoms. The number of hydrogen-bond donors (Lipinski definition) is 1. The van der Waals surface area contributed by atoms with Gasteiger partial charge in [0.15, 0.2) is 0 Å². The molecule has 5 heteroatoms. The van der Waals surface area contributed by atoms with E-state index in [1.54, 1.807) is 12.1 Å². The molecule has 2 unspecified atom stereocenters. The number of hydrogen-bond acceptors (Lipinski definition) is 4. The maximum absolute atomic E-state index is 12.2. The summed E-state index contributed by atoms with van der Waals surface area (Å²) in [5, 5.41) is 2.93. The van der Waals surface area contributed by atoms with Crippen LogP contribution in [0.25, 0.3) is 0 Å². The Labute approximate surface area is 150 Å². The van der Waals surface area contributed by atoms with Gasteiger partial charge in [0.1, 0.15) is 5.75 Å². The van der Waals surface area contributed by atoms with Crippen molar-refractivity contribution < 1.29 is 19.1 Å². The second-order valence-corrected chi connectivity index (χ2v) is 8.18. The molecule has 1 amide bonds. The molecule has 5 nitrogen and oxygen atoms in total. The van der Waals surface area contributed by atoms with Gasteiger partial charge in [-0.3, -0.25) is 4.79 Å². The lowest BCUT2D eigenvalue weighted by molar-refractivity contribution is -0.135. The molecule has 1 aromatic carbocycles. The van der Waals surface area contributed by atoms with Crippen LogP contribution in [0.3, 0.4) is 0 Å². The minimum Gasteiger partial charge on any atom is -0.453 e. The molecule has 1 aliphatic carbocycles. The number of nitrogens with one attached hydrogen (secondary N) is 1. The van der Waals surface area contributed by atoms with Crippen molar-refractivity contribution in [3.05, 3.63) is 30.3 Å². The summed E-state index contributed by atoms with van der Waals surface area (Å²) in [5.41, 5.74) is 0.0746. The first-order valence-corrected chi connectivity index (χ1v) is 8.82. The summed E-state index contributed by atoms with van der Waals surface area (Å²) in [4.78, 5) is 23.7. The number of ether oxygens (including phenoxy) is 2. The Kier molecular flexibility index (Phi) is 6.09. The second-order valence-electron chi connectivity index (χ2n) is 8.18. The Morgan fingerprint density at radius 2 is 1.84 bits per heavy atom. The van der Waals surface area contributed by atoms with Gasteiger partial charge in [0.2, 0.25) is 0 Å². The topological polar surface area (TPSA) is 64.6 Å². The van der Waals surface area contributed by atoms with E-state index in [0.717, 1.165) is 25.7 Å². The van der Waals surface area contributed by atoms with Crippen LogP contribution in [0, 0.1) is 10.8 Å². The molecule has 0 aliphatic heterocycles. The van der Waals surface area contributed by atoms with Gasteiger partial charge in [-0.2, -0.15) is 0 Å². The van der Waals surface area contributed by atoms with Crippen LogP contribution in [0.1, 0.15) is 52.9 Å². The van der Waals surface area contributed by atoms with E-state index in [9.17, 15) is 9.59 Å². The lowest BCUT2D eigenvalue weighted by atomic mass is 9.61. The largest absolute Gasteiger partial charge is 0.453 e. The number of carbonyl (C=O) groups excluding carboxylic acids is 2. The zero-order valence-corrected chi connectivity index (χ0v) is 15.6. The van der Waals surface area contributed by atoms with Crippen LogP contribution >= 0.6 is 0 Å². The van der Waals surface area contributed by atoms with Crippen LogP contribution in [0.15, 0.2) is 30.3 Å². The highest BCUT2D eigenvalue weighted by Gasteiger charge is 2.41. The standard InChI is InChI=1S/C20H29NO4/c1-19(2)12-15(21-18(23)24-4)13-20(3,14-19)11-10-17(22)25-16-8-6-5-7-9-16/h5-9,15H,10-14H2,1-4H3,(H,21,23). The van der Waals surface area contributed by atoms with E-state index in [0.29, 0.717) is 12.2 Å². The number of para-hydroxylation sites is 1.